The van der Waals surface area contributed by atoms with Crippen LogP contribution in [0.25, 0.3) is 0 Å². The van der Waals surface area contributed by atoms with Crippen molar-refractivity contribution in [3.8, 4) is 0 Å². The lowest BCUT2D eigenvalue weighted by atomic mass is 10.1. The van der Waals surface area contributed by atoms with Gasteiger partial charge in [-0.3, -0.25) is 9.78 Å². The summed E-state index contributed by atoms with van der Waals surface area (Å²) in [6.45, 7) is 4.89. The second-order valence-electron chi connectivity index (χ2n) is 5.65. The zero-order chi connectivity index (χ0) is 16.8. The number of benzene rings is 1. The molecule has 1 heterocycles. The van der Waals surface area contributed by atoms with Crippen molar-refractivity contribution in [1.82, 2.24) is 10.3 Å². The van der Waals surface area contributed by atoms with E-state index in [9.17, 15) is 4.79 Å². The van der Waals surface area contributed by atoms with Crippen molar-refractivity contribution in [3.05, 3.63) is 52.3 Å². The monoisotopic (exact) mass is 351 g/mol. The molecule has 0 saturated heterocycles. The van der Waals surface area contributed by atoms with Crippen LogP contribution < -0.4 is 10.6 Å². The normalized spacial score (nSPS) is 10.7. The molecule has 1 amide bonds. The van der Waals surface area contributed by atoms with Gasteiger partial charge in [0, 0.05) is 17.8 Å². The minimum absolute atomic E-state index is 0.135. The quantitative estimate of drug-likeness (QED) is 0.777. The Morgan fingerprint density at radius 2 is 2.00 bits per heavy atom. The lowest BCUT2D eigenvalue weighted by Crippen LogP contribution is -2.25. The summed E-state index contributed by atoms with van der Waals surface area (Å²) in [7, 11) is 0. The molecule has 0 spiro atoms. The Balaban J connectivity index is 2.06. The maximum Gasteiger partial charge on any atom is 0.252 e. The Labute approximate surface area is 146 Å². The average molecular weight is 352 g/mol. The zero-order valence-electron chi connectivity index (χ0n) is 13.1. The third-order valence-electron chi connectivity index (χ3n) is 3.22. The molecule has 0 radical (unpaired) electrons. The predicted molar refractivity (Wildman–Crippen MR) is 95.8 cm³/mol. The summed E-state index contributed by atoms with van der Waals surface area (Å²) in [4.78, 5) is 16.2. The van der Waals surface area contributed by atoms with Crippen LogP contribution in [0.1, 0.15) is 30.6 Å². The van der Waals surface area contributed by atoms with E-state index in [2.05, 4.69) is 29.5 Å². The fourth-order valence-corrected chi connectivity index (χ4v) is 2.41. The van der Waals surface area contributed by atoms with E-state index in [1.54, 1.807) is 36.7 Å². The van der Waals surface area contributed by atoms with Gasteiger partial charge in [-0.15, -0.1) is 0 Å². The number of aromatic nitrogens is 1. The van der Waals surface area contributed by atoms with E-state index in [0.717, 1.165) is 6.42 Å². The molecule has 1 aromatic heterocycles. The van der Waals surface area contributed by atoms with Crippen molar-refractivity contribution in [3.63, 3.8) is 0 Å². The molecule has 23 heavy (non-hydrogen) atoms. The molecule has 0 atom stereocenters. The first-order chi connectivity index (χ1) is 11.0. The molecule has 0 unspecified atom stereocenters. The van der Waals surface area contributed by atoms with Crippen LogP contribution in [0.3, 0.4) is 0 Å². The molecule has 0 aliphatic carbocycles. The molecule has 4 nitrogen and oxygen atoms in total. The van der Waals surface area contributed by atoms with E-state index in [4.69, 9.17) is 23.2 Å². The van der Waals surface area contributed by atoms with Crippen LogP contribution >= 0.6 is 23.2 Å². The van der Waals surface area contributed by atoms with E-state index < -0.39 is 0 Å². The van der Waals surface area contributed by atoms with Crippen LogP contribution in [0.5, 0.6) is 0 Å². The molecule has 0 bridgehead atoms. The molecular weight excluding hydrogens is 333 g/mol. The Bertz CT molecular complexity index is 689. The maximum absolute atomic E-state index is 12.1. The first-order valence-corrected chi connectivity index (χ1v) is 8.16. The number of hydrogen-bond acceptors (Lipinski definition) is 3. The minimum atomic E-state index is -0.135. The summed E-state index contributed by atoms with van der Waals surface area (Å²) in [5.74, 6) is 0.414. The van der Waals surface area contributed by atoms with Gasteiger partial charge < -0.3 is 10.6 Å². The van der Waals surface area contributed by atoms with Crippen molar-refractivity contribution in [2.45, 2.75) is 20.3 Å². The lowest BCUT2D eigenvalue weighted by molar-refractivity contribution is 0.0951. The van der Waals surface area contributed by atoms with Gasteiger partial charge in [0.05, 0.1) is 28.2 Å². The van der Waals surface area contributed by atoms with Crippen LogP contribution in [-0.2, 0) is 0 Å². The van der Waals surface area contributed by atoms with Crippen molar-refractivity contribution >= 4 is 40.5 Å². The smallest absolute Gasteiger partial charge is 0.252 e. The van der Waals surface area contributed by atoms with Crippen molar-refractivity contribution < 1.29 is 4.79 Å². The Morgan fingerprint density at radius 3 is 2.70 bits per heavy atom. The van der Waals surface area contributed by atoms with Crippen LogP contribution in [-0.4, -0.2) is 17.4 Å². The first-order valence-electron chi connectivity index (χ1n) is 7.41. The number of hydrogen-bond donors (Lipinski definition) is 2. The van der Waals surface area contributed by atoms with Gasteiger partial charge in [-0.2, -0.15) is 0 Å². The summed E-state index contributed by atoms with van der Waals surface area (Å²) < 4.78 is 0. The Kier molecular flexibility index (Phi) is 6.25. The molecule has 0 aliphatic heterocycles. The van der Waals surface area contributed by atoms with E-state index in [1.165, 1.54) is 0 Å². The zero-order valence-corrected chi connectivity index (χ0v) is 14.6. The second kappa shape index (κ2) is 8.18. The number of carbonyl (C=O) groups is 1. The highest BCUT2D eigenvalue weighted by atomic mass is 35.5. The third kappa shape index (κ3) is 5.41. The average Bonchev–Trinajstić information content (AvgIpc) is 2.50. The lowest BCUT2D eigenvalue weighted by Gasteiger charge is -2.10. The molecule has 0 fully saturated rings. The largest absolute Gasteiger partial charge is 0.353 e. The molecule has 1 aromatic carbocycles. The van der Waals surface area contributed by atoms with Crippen molar-refractivity contribution in [2.75, 3.05) is 11.9 Å². The number of anilines is 2. The predicted octanol–water partition coefficient (Wildman–Crippen LogP) is 4.91. The molecule has 0 saturated carbocycles. The topological polar surface area (TPSA) is 54.0 Å². The number of amides is 1. The van der Waals surface area contributed by atoms with Gasteiger partial charge in [0.1, 0.15) is 0 Å². The Hall–Kier alpha value is -1.78. The van der Waals surface area contributed by atoms with Gasteiger partial charge >= 0.3 is 0 Å². The van der Waals surface area contributed by atoms with Gasteiger partial charge in [-0.1, -0.05) is 37.0 Å². The molecular formula is C17H19Cl2N3O. The van der Waals surface area contributed by atoms with Gasteiger partial charge in [0.15, 0.2) is 0 Å². The van der Waals surface area contributed by atoms with E-state index in [-0.39, 0.29) is 5.91 Å². The van der Waals surface area contributed by atoms with Crippen molar-refractivity contribution in [1.29, 1.82) is 0 Å². The van der Waals surface area contributed by atoms with E-state index in [0.29, 0.717) is 39.4 Å². The standard InChI is InChI=1S/C17H19Cl2N3O/c1-11(2)5-6-21-17(23)12-7-14(10-20-9-12)22-16-4-3-13(18)8-15(16)19/h3-4,7-11,22H,5-6H2,1-2H3,(H,21,23). The van der Waals surface area contributed by atoms with Crippen molar-refractivity contribution in [2.24, 2.45) is 5.92 Å². The molecule has 2 N–H and O–H groups in total. The maximum atomic E-state index is 12.1. The van der Waals surface area contributed by atoms with Gasteiger partial charge in [-0.05, 0) is 36.6 Å². The summed E-state index contributed by atoms with van der Waals surface area (Å²) in [5, 5.41) is 7.10. The number of nitrogens with one attached hydrogen (secondary N) is 2. The van der Waals surface area contributed by atoms with E-state index >= 15 is 0 Å². The van der Waals surface area contributed by atoms with Gasteiger partial charge in [0.2, 0.25) is 0 Å². The molecule has 2 rings (SSSR count). The van der Waals surface area contributed by atoms with Gasteiger partial charge in [0.25, 0.3) is 5.91 Å². The fourth-order valence-electron chi connectivity index (χ4n) is 1.96. The van der Waals surface area contributed by atoms with Crippen LogP contribution in [0.2, 0.25) is 10.0 Å². The second-order valence-corrected chi connectivity index (χ2v) is 6.49. The highest BCUT2D eigenvalue weighted by molar-refractivity contribution is 6.36. The van der Waals surface area contributed by atoms with E-state index in [1.807, 2.05) is 0 Å². The summed E-state index contributed by atoms with van der Waals surface area (Å²) in [5.41, 5.74) is 1.89. The molecule has 6 heteroatoms. The molecule has 0 aliphatic rings. The Morgan fingerprint density at radius 1 is 1.22 bits per heavy atom. The first kappa shape index (κ1) is 17.6. The SMILES string of the molecule is CC(C)CCNC(=O)c1cncc(Nc2ccc(Cl)cc2Cl)c1. The number of halogens is 2. The van der Waals surface area contributed by atoms with Crippen LogP contribution in [0, 0.1) is 5.92 Å². The summed E-state index contributed by atoms with van der Waals surface area (Å²) in [6, 6.07) is 6.91. The molecule has 2 aromatic rings. The summed E-state index contributed by atoms with van der Waals surface area (Å²) >= 11 is 12.0. The molecule has 122 valence electrons. The number of carbonyl (C=O) groups excluding carboxylic acids is 1. The van der Waals surface area contributed by atoms with Crippen LogP contribution in [0.15, 0.2) is 36.7 Å². The highest BCUT2D eigenvalue weighted by Crippen LogP contribution is 2.28. The number of rotatable bonds is 6. The minimum Gasteiger partial charge on any atom is -0.353 e. The van der Waals surface area contributed by atoms with Gasteiger partial charge in [-0.25, -0.2) is 0 Å². The summed E-state index contributed by atoms with van der Waals surface area (Å²) in [6.07, 6.45) is 4.12. The van der Waals surface area contributed by atoms with Crippen LogP contribution in [0.4, 0.5) is 11.4 Å². The number of pyridine rings is 1. The fraction of sp³-hybridized carbons (Fsp3) is 0.294. The number of nitrogens with zero attached hydrogens (tertiary/aromatic N) is 1. The highest BCUT2D eigenvalue weighted by Gasteiger charge is 2.08. The third-order valence-corrected chi connectivity index (χ3v) is 3.77.